The number of aryl methyl sites for hydroxylation is 1. The average Bonchev–Trinajstić information content (AvgIpc) is 3.39. The minimum Gasteiger partial charge on any atom is -0.463 e. The van der Waals surface area contributed by atoms with Gasteiger partial charge in [-0.1, -0.05) is 55.3 Å². The topological polar surface area (TPSA) is 100 Å². The SMILES string of the molecule is CC1(C)OCc2cc([C@@H]3CN(CCCCCCOCCCCc4cccc(-c5cccc([N+](=O)[O-])c5)c4)C(=O)O3)ccc2O1. The Labute approximate surface area is 259 Å². The molecule has 0 aliphatic carbocycles. The largest absolute Gasteiger partial charge is 0.463 e. The molecule has 1 saturated heterocycles. The van der Waals surface area contributed by atoms with E-state index in [2.05, 4.69) is 12.1 Å². The van der Waals surface area contributed by atoms with E-state index in [9.17, 15) is 14.9 Å². The van der Waals surface area contributed by atoms with Crippen molar-refractivity contribution in [1.82, 2.24) is 4.90 Å². The number of nitro groups is 1. The van der Waals surface area contributed by atoms with Crippen LogP contribution in [-0.4, -0.2) is 48.0 Å². The van der Waals surface area contributed by atoms with Gasteiger partial charge in [0.2, 0.25) is 5.79 Å². The third kappa shape index (κ3) is 8.57. The fourth-order valence-electron chi connectivity index (χ4n) is 5.62. The Morgan fingerprint density at radius 1 is 0.932 bits per heavy atom. The Balaban J connectivity index is 0.914. The van der Waals surface area contributed by atoms with Crippen LogP contribution in [-0.2, 0) is 27.2 Å². The molecule has 0 bridgehead atoms. The van der Waals surface area contributed by atoms with E-state index in [1.54, 1.807) is 17.0 Å². The van der Waals surface area contributed by atoms with Gasteiger partial charge in [-0.2, -0.15) is 0 Å². The van der Waals surface area contributed by atoms with Crippen molar-refractivity contribution in [3.05, 3.63) is 93.5 Å². The lowest BCUT2D eigenvalue weighted by atomic mass is 10.00. The molecule has 0 unspecified atom stereocenters. The molecule has 3 aromatic rings. The fraction of sp³-hybridized carbons (Fsp3) is 0.457. The maximum Gasteiger partial charge on any atom is 0.410 e. The summed E-state index contributed by atoms with van der Waals surface area (Å²) in [5, 5.41) is 11.1. The second-order valence-electron chi connectivity index (χ2n) is 12.0. The lowest BCUT2D eigenvalue weighted by Gasteiger charge is -2.32. The minimum atomic E-state index is -0.632. The van der Waals surface area contributed by atoms with Gasteiger partial charge in [0, 0.05) is 51.3 Å². The first-order valence-corrected chi connectivity index (χ1v) is 15.6. The van der Waals surface area contributed by atoms with Gasteiger partial charge in [-0.15, -0.1) is 0 Å². The summed E-state index contributed by atoms with van der Waals surface area (Å²) in [5.74, 6) is 0.185. The van der Waals surface area contributed by atoms with Crippen molar-refractivity contribution in [3.63, 3.8) is 0 Å². The number of amides is 1. The molecule has 3 aromatic carbocycles. The van der Waals surface area contributed by atoms with Crippen LogP contribution in [0.15, 0.2) is 66.7 Å². The van der Waals surface area contributed by atoms with Gasteiger partial charge >= 0.3 is 6.09 Å². The van der Waals surface area contributed by atoms with Crippen molar-refractivity contribution in [2.45, 2.75) is 77.3 Å². The number of unbranched alkanes of at least 4 members (excludes halogenated alkanes) is 4. The maximum absolute atomic E-state index is 12.4. The Morgan fingerprint density at radius 2 is 1.68 bits per heavy atom. The third-order valence-corrected chi connectivity index (χ3v) is 8.06. The average molecular weight is 603 g/mol. The number of carbonyl (C=O) groups is 1. The Bertz CT molecular complexity index is 1440. The predicted octanol–water partition coefficient (Wildman–Crippen LogP) is 8.00. The van der Waals surface area contributed by atoms with Crippen LogP contribution in [0, 0.1) is 10.1 Å². The Kier molecular flexibility index (Phi) is 10.5. The van der Waals surface area contributed by atoms with E-state index in [4.69, 9.17) is 18.9 Å². The predicted molar refractivity (Wildman–Crippen MR) is 167 cm³/mol. The Hall–Kier alpha value is -3.95. The van der Waals surface area contributed by atoms with E-state index >= 15 is 0 Å². The molecule has 0 N–H and O–H groups in total. The molecule has 44 heavy (non-hydrogen) atoms. The summed E-state index contributed by atoms with van der Waals surface area (Å²) in [6.07, 6.45) is 6.50. The molecule has 9 nitrogen and oxygen atoms in total. The first kappa shape index (κ1) is 31.5. The highest BCUT2D eigenvalue weighted by Gasteiger charge is 2.33. The van der Waals surface area contributed by atoms with Gasteiger partial charge in [0.25, 0.3) is 5.69 Å². The van der Waals surface area contributed by atoms with Gasteiger partial charge in [0.1, 0.15) is 11.9 Å². The second kappa shape index (κ2) is 14.7. The zero-order valence-corrected chi connectivity index (χ0v) is 25.7. The van der Waals surface area contributed by atoms with E-state index in [0.29, 0.717) is 19.7 Å². The van der Waals surface area contributed by atoms with E-state index in [0.717, 1.165) is 86.2 Å². The highest BCUT2D eigenvalue weighted by atomic mass is 16.7. The number of cyclic esters (lactones) is 1. The zero-order chi connectivity index (χ0) is 30.9. The van der Waals surface area contributed by atoms with Gasteiger partial charge in [0.05, 0.1) is 18.1 Å². The lowest BCUT2D eigenvalue weighted by Crippen LogP contribution is -2.35. The molecule has 2 aliphatic heterocycles. The molecule has 1 fully saturated rings. The van der Waals surface area contributed by atoms with Gasteiger partial charge in [-0.3, -0.25) is 10.1 Å². The molecular weight excluding hydrogens is 560 g/mol. The first-order valence-electron chi connectivity index (χ1n) is 15.6. The summed E-state index contributed by atoms with van der Waals surface area (Å²) in [7, 11) is 0. The van der Waals surface area contributed by atoms with E-state index in [-0.39, 0.29) is 22.8 Å². The van der Waals surface area contributed by atoms with Crippen molar-refractivity contribution in [2.75, 3.05) is 26.3 Å². The van der Waals surface area contributed by atoms with E-state index in [1.165, 1.54) is 11.6 Å². The van der Waals surface area contributed by atoms with Gasteiger partial charge in [0.15, 0.2) is 0 Å². The quantitative estimate of drug-likeness (QED) is 0.0987. The molecule has 5 rings (SSSR count). The zero-order valence-electron chi connectivity index (χ0n) is 25.7. The smallest absolute Gasteiger partial charge is 0.410 e. The molecule has 0 spiro atoms. The number of nitro benzene ring substituents is 1. The number of fused-ring (bicyclic) bond motifs is 1. The van der Waals surface area contributed by atoms with Gasteiger partial charge in [-0.25, -0.2) is 4.79 Å². The molecule has 1 atom stereocenters. The third-order valence-electron chi connectivity index (χ3n) is 8.06. The summed E-state index contributed by atoms with van der Waals surface area (Å²) in [6.45, 7) is 7.02. The maximum atomic E-state index is 12.4. The van der Waals surface area contributed by atoms with Crippen molar-refractivity contribution in [1.29, 1.82) is 0 Å². The van der Waals surface area contributed by atoms with Crippen LogP contribution < -0.4 is 4.74 Å². The minimum absolute atomic E-state index is 0.105. The molecule has 0 aromatic heterocycles. The number of nitrogens with zero attached hydrogens (tertiary/aromatic N) is 2. The van der Waals surface area contributed by atoms with E-state index in [1.807, 2.05) is 50.2 Å². The van der Waals surface area contributed by atoms with Crippen molar-refractivity contribution >= 4 is 11.8 Å². The standard InChI is InChI=1S/C35H42N2O7/c1-35(2)42-25-30-22-29(16-17-32(30)44-35)33-24-36(34(38)43-33)18-6-3-4-7-19-41-20-8-5-11-26-12-9-13-27(21-26)28-14-10-15-31(23-28)37(39)40/h9-10,12-17,21-23,33H,3-8,11,18-20,24-25H2,1-2H3/t33-/m0/s1. The molecule has 9 heteroatoms. The summed E-state index contributed by atoms with van der Waals surface area (Å²) in [4.78, 5) is 25.0. The van der Waals surface area contributed by atoms with Gasteiger partial charge in [-0.05, 0) is 66.5 Å². The van der Waals surface area contributed by atoms with Crippen LogP contribution in [0.1, 0.15) is 75.2 Å². The van der Waals surface area contributed by atoms with Gasteiger partial charge < -0.3 is 23.8 Å². The molecule has 0 radical (unpaired) electrons. The molecule has 0 saturated carbocycles. The number of carbonyl (C=O) groups excluding carboxylic acids is 1. The summed E-state index contributed by atoms with van der Waals surface area (Å²) in [6, 6.07) is 20.9. The monoisotopic (exact) mass is 602 g/mol. The molecule has 2 heterocycles. The molecule has 2 aliphatic rings. The highest BCUT2D eigenvalue weighted by Crippen LogP contribution is 2.35. The summed E-state index contributed by atoms with van der Waals surface area (Å²) >= 11 is 0. The van der Waals surface area contributed by atoms with Crippen molar-refractivity contribution < 1.29 is 28.7 Å². The van der Waals surface area contributed by atoms with Crippen LogP contribution in [0.25, 0.3) is 11.1 Å². The number of hydrogen-bond donors (Lipinski definition) is 0. The fourth-order valence-corrected chi connectivity index (χ4v) is 5.62. The number of non-ortho nitro benzene ring substituents is 1. The molecule has 234 valence electrons. The Morgan fingerprint density at radius 3 is 2.50 bits per heavy atom. The second-order valence-corrected chi connectivity index (χ2v) is 12.0. The molecular formula is C35H42N2O7. The summed E-state index contributed by atoms with van der Waals surface area (Å²) in [5.41, 5.74) is 5.12. The van der Waals surface area contributed by atoms with Crippen LogP contribution in [0.5, 0.6) is 5.75 Å². The van der Waals surface area contributed by atoms with Crippen LogP contribution >= 0.6 is 0 Å². The summed E-state index contributed by atoms with van der Waals surface area (Å²) < 4.78 is 23.1. The lowest BCUT2D eigenvalue weighted by molar-refractivity contribution is -0.384. The number of rotatable bonds is 15. The van der Waals surface area contributed by atoms with Crippen LogP contribution in [0.3, 0.4) is 0 Å². The van der Waals surface area contributed by atoms with Crippen LogP contribution in [0.2, 0.25) is 0 Å². The number of hydrogen-bond acceptors (Lipinski definition) is 7. The van der Waals surface area contributed by atoms with E-state index < -0.39 is 5.79 Å². The molecule has 1 amide bonds. The van der Waals surface area contributed by atoms with Crippen molar-refractivity contribution in [3.8, 4) is 16.9 Å². The number of ether oxygens (including phenoxy) is 4. The highest BCUT2D eigenvalue weighted by molar-refractivity contribution is 5.70. The number of benzene rings is 3. The first-order chi connectivity index (χ1) is 21.3. The normalized spacial score (nSPS) is 17.2. The van der Waals surface area contributed by atoms with Crippen molar-refractivity contribution in [2.24, 2.45) is 0 Å². The van der Waals surface area contributed by atoms with Crippen LogP contribution in [0.4, 0.5) is 10.5 Å².